The molecule has 312 valence electrons. The molecule has 6 amide bonds. The maximum absolute atomic E-state index is 14.8. The van der Waals surface area contributed by atoms with Gasteiger partial charge < -0.3 is 41.1 Å². The largest absolute Gasteiger partial charge is 0.461 e. The number of ether oxygens (including phenoxy) is 1. The lowest BCUT2D eigenvalue weighted by atomic mass is 9.99. The van der Waals surface area contributed by atoms with Gasteiger partial charge in [0.05, 0.1) is 6.42 Å². The molecule has 6 rings (SSSR count). The number of piperidine rings is 1. The van der Waals surface area contributed by atoms with E-state index in [0.717, 1.165) is 5.56 Å². The van der Waals surface area contributed by atoms with Crippen molar-refractivity contribution in [2.75, 3.05) is 26.2 Å². The molecule has 5 N–H and O–H groups in total. The number of hydrogen-bond acceptors (Lipinski definition) is 9. The highest BCUT2D eigenvalue weighted by Gasteiger charge is 2.47. The van der Waals surface area contributed by atoms with Crippen LogP contribution in [0.15, 0.2) is 42.5 Å². The van der Waals surface area contributed by atoms with Crippen LogP contribution in [0.2, 0.25) is 0 Å². The van der Waals surface area contributed by atoms with E-state index in [9.17, 15) is 38.0 Å². The van der Waals surface area contributed by atoms with E-state index in [1.807, 2.05) is 26.0 Å². The first kappa shape index (κ1) is 42.2. The molecule has 0 unspecified atom stereocenters. The van der Waals surface area contributed by atoms with Crippen LogP contribution in [-0.4, -0.2) is 125 Å². The molecule has 8 atom stereocenters. The van der Waals surface area contributed by atoms with E-state index >= 15 is 0 Å². The molecule has 0 spiro atoms. The standard InChI is InChI=1S/C42H54FN7O8/c1-23-8-7-9-27(14-23)17-31(46-36(51)18-28-12-11-24(2)15-30(28)43)37(52)47-32-22-58-42(57)35-16-25(3)20-49(35)39(54)26(4)45-38(53)33-10-5-6-13-48(33)41(56)34-19-29(44)21-50(34)40(32)55/h7-9,11-12,14-15,25-26,29,31-35H,5-6,10,13,16-22,44H2,1-4H3,(H,45,53)(H,46,51)(H,47,52)/t25-,26+,29+,31+,32+,33+,34+,35+/m1/s1. The number of hydrogen-bond donors (Lipinski definition) is 4. The second-order valence-electron chi connectivity index (χ2n) is 16.4. The first-order chi connectivity index (χ1) is 27.6. The predicted octanol–water partition coefficient (Wildman–Crippen LogP) is 0.805. The predicted molar refractivity (Wildman–Crippen MR) is 209 cm³/mol. The number of aryl methyl sites for hydroxylation is 2. The third-order valence-electron chi connectivity index (χ3n) is 11.5. The van der Waals surface area contributed by atoms with E-state index in [2.05, 4.69) is 16.0 Å². The molecule has 4 heterocycles. The summed E-state index contributed by atoms with van der Waals surface area (Å²) in [6, 6.07) is 4.38. The summed E-state index contributed by atoms with van der Waals surface area (Å²) < 4.78 is 20.5. The smallest absolute Gasteiger partial charge is 0.328 e. The number of cyclic esters (lactones) is 1. The lowest BCUT2D eigenvalue weighted by molar-refractivity contribution is -0.158. The molecule has 4 aliphatic heterocycles. The molecule has 0 aliphatic carbocycles. The zero-order valence-electron chi connectivity index (χ0n) is 33.5. The number of nitrogens with one attached hydrogen (secondary N) is 3. The molecule has 0 saturated carbocycles. The third kappa shape index (κ3) is 9.65. The normalized spacial score (nSPS) is 27.6. The van der Waals surface area contributed by atoms with Crippen molar-refractivity contribution in [2.45, 2.75) is 115 Å². The van der Waals surface area contributed by atoms with Gasteiger partial charge in [-0.3, -0.25) is 28.8 Å². The van der Waals surface area contributed by atoms with Gasteiger partial charge in [-0.2, -0.15) is 0 Å². The molecule has 4 aliphatic rings. The minimum absolute atomic E-state index is 0.000336. The third-order valence-corrected chi connectivity index (χ3v) is 11.5. The topological polar surface area (TPSA) is 201 Å². The van der Waals surface area contributed by atoms with Crippen LogP contribution in [0.4, 0.5) is 4.39 Å². The van der Waals surface area contributed by atoms with E-state index in [-0.39, 0.29) is 56.8 Å². The molecule has 58 heavy (non-hydrogen) atoms. The minimum atomic E-state index is -1.54. The van der Waals surface area contributed by atoms with Crippen LogP contribution in [0, 0.1) is 25.6 Å². The van der Waals surface area contributed by atoms with Crippen molar-refractivity contribution < 1.29 is 42.7 Å². The van der Waals surface area contributed by atoms with E-state index in [1.54, 1.807) is 25.1 Å². The Bertz CT molecular complexity index is 1940. The van der Waals surface area contributed by atoms with Crippen LogP contribution in [-0.2, 0) is 51.1 Å². The van der Waals surface area contributed by atoms with Crippen LogP contribution in [0.25, 0.3) is 0 Å². The number of nitrogens with two attached hydrogens (primary N) is 1. The van der Waals surface area contributed by atoms with E-state index < -0.39 is 96.1 Å². The number of benzene rings is 2. The summed E-state index contributed by atoms with van der Waals surface area (Å²) >= 11 is 0. The Balaban J connectivity index is 1.32. The van der Waals surface area contributed by atoms with Gasteiger partial charge in [0, 0.05) is 32.1 Å². The molecule has 16 heteroatoms. The number of nitrogens with zero attached hydrogens (tertiary/aromatic N) is 3. The van der Waals surface area contributed by atoms with Gasteiger partial charge in [0.1, 0.15) is 48.7 Å². The second kappa shape index (κ2) is 18.0. The summed E-state index contributed by atoms with van der Waals surface area (Å²) in [5.74, 6) is -5.12. The molecule has 0 aromatic heterocycles. The van der Waals surface area contributed by atoms with Crippen LogP contribution < -0.4 is 21.7 Å². The maximum Gasteiger partial charge on any atom is 0.328 e. The Labute approximate surface area is 337 Å². The lowest BCUT2D eigenvalue weighted by Crippen LogP contribution is -2.62. The van der Waals surface area contributed by atoms with Crippen LogP contribution >= 0.6 is 0 Å². The van der Waals surface area contributed by atoms with Crippen molar-refractivity contribution in [3.8, 4) is 0 Å². The number of esters is 1. The highest BCUT2D eigenvalue weighted by Crippen LogP contribution is 2.28. The highest BCUT2D eigenvalue weighted by atomic mass is 19.1. The van der Waals surface area contributed by atoms with E-state index in [0.29, 0.717) is 30.4 Å². The fourth-order valence-corrected chi connectivity index (χ4v) is 8.55. The van der Waals surface area contributed by atoms with Gasteiger partial charge in [0.15, 0.2) is 0 Å². The van der Waals surface area contributed by atoms with Crippen molar-refractivity contribution in [1.29, 1.82) is 0 Å². The summed E-state index contributed by atoms with van der Waals surface area (Å²) in [5.41, 5.74) is 8.79. The Morgan fingerprint density at radius 1 is 0.897 bits per heavy atom. The molecule has 4 fully saturated rings. The molecule has 4 saturated heterocycles. The van der Waals surface area contributed by atoms with Gasteiger partial charge in [0.2, 0.25) is 35.4 Å². The van der Waals surface area contributed by atoms with Crippen molar-refractivity contribution in [3.63, 3.8) is 0 Å². The fraction of sp³-hybridized carbons (Fsp3) is 0.548. The number of carbonyl (C=O) groups is 7. The maximum atomic E-state index is 14.8. The van der Waals surface area contributed by atoms with Gasteiger partial charge >= 0.3 is 5.97 Å². The van der Waals surface area contributed by atoms with Gasteiger partial charge in [-0.1, -0.05) is 48.9 Å². The van der Waals surface area contributed by atoms with Crippen LogP contribution in [0.3, 0.4) is 0 Å². The average molecular weight is 804 g/mol. The second-order valence-corrected chi connectivity index (χ2v) is 16.4. The first-order valence-corrected chi connectivity index (χ1v) is 20.1. The number of carbonyl (C=O) groups excluding carboxylic acids is 7. The van der Waals surface area contributed by atoms with E-state index in [4.69, 9.17) is 10.5 Å². The number of fused-ring (bicyclic) bond motifs is 3. The highest BCUT2D eigenvalue weighted by molar-refractivity contribution is 5.98. The first-order valence-electron chi connectivity index (χ1n) is 20.1. The molecule has 2 aromatic carbocycles. The Morgan fingerprint density at radius 2 is 1.64 bits per heavy atom. The number of halogens is 1. The zero-order valence-corrected chi connectivity index (χ0v) is 33.5. The van der Waals surface area contributed by atoms with Gasteiger partial charge in [-0.25, -0.2) is 9.18 Å². The molecule has 0 bridgehead atoms. The number of rotatable bonds is 7. The fourth-order valence-electron chi connectivity index (χ4n) is 8.55. The van der Waals surface area contributed by atoms with Gasteiger partial charge in [-0.05, 0) is 81.5 Å². The minimum Gasteiger partial charge on any atom is -0.461 e. The molecular formula is C42H54FN7O8. The Kier molecular flexibility index (Phi) is 13.1. The monoisotopic (exact) mass is 803 g/mol. The summed E-state index contributed by atoms with van der Waals surface area (Å²) in [4.78, 5) is 102. The summed E-state index contributed by atoms with van der Waals surface area (Å²) in [6.45, 7) is 6.80. The van der Waals surface area contributed by atoms with Crippen molar-refractivity contribution in [1.82, 2.24) is 30.7 Å². The molecular weight excluding hydrogens is 750 g/mol. The van der Waals surface area contributed by atoms with Crippen LogP contribution in [0.1, 0.15) is 68.2 Å². The molecule has 2 aromatic rings. The van der Waals surface area contributed by atoms with Crippen molar-refractivity contribution in [2.24, 2.45) is 11.7 Å². The summed E-state index contributed by atoms with van der Waals surface area (Å²) in [6.07, 6.45) is 1.65. The molecule has 0 radical (unpaired) electrons. The van der Waals surface area contributed by atoms with Gasteiger partial charge in [0.25, 0.3) is 0 Å². The number of amides is 6. The lowest BCUT2D eigenvalue weighted by Gasteiger charge is -2.39. The molecule has 15 nitrogen and oxygen atoms in total. The van der Waals surface area contributed by atoms with Crippen molar-refractivity contribution >= 4 is 41.4 Å². The summed E-state index contributed by atoms with van der Waals surface area (Å²) in [5, 5.41) is 8.17. The quantitative estimate of drug-likeness (QED) is 0.293. The Morgan fingerprint density at radius 3 is 2.38 bits per heavy atom. The zero-order chi connectivity index (χ0) is 41.8. The van der Waals surface area contributed by atoms with E-state index in [1.165, 1.54) is 33.8 Å². The summed E-state index contributed by atoms with van der Waals surface area (Å²) in [7, 11) is 0. The average Bonchev–Trinajstić information content (AvgIpc) is 3.78. The van der Waals surface area contributed by atoms with Crippen LogP contribution in [0.5, 0.6) is 0 Å². The van der Waals surface area contributed by atoms with Gasteiger partial charge in [-0.15, -0.1) is 0 Å². The Hall–Kier alpha value is -5.38. The van der Waals surface area contributed by atoms with Crippen molar-refractivity contribution in [3.05, 3.63) is 70.5 Å². The SMILES string of the molecule is Cc1cccc(C[C@H](NC(=O)Cc2ccc(C)cc2F)C(=O)N[C@H]2COC(=O)[C@@H]3C[C@@H](C)CN3C(=O)[C@H](C)NC(=O)[C@@H]3CCCCN3C(=O)[C@@H]3C[C@H](N)CN3C2=O)c1.